The van der Waals surface area contributed by atoms with E-state index in [4.69, 9.17) is 9.47 Å². The Bertz CT molecular complexity index is 556. The minimum atomic E-state index is -0.546. The fraction of sp³-hybridized carbons (Fsp3) is 0.529. The van der Waals surface area contributed by atoms with Crippen LogP contribution in [0.5, 0.6) is 11.5 Å². The predicted octanol–water partition coefficient (Wildman–Crippen LogP) is 3.20. The second-order valence-electron chi connectivity index (χ2n) is 5.38. The Morgan fingerprint density at radius 2 is 2.09 bits per heavy atom. The highest BCUT2D eigenvalue weighted by atomic mass is 16.5. The van der Waals surface area contributed by atoms with Gasteiger partial charge in [-0.3, -0.25) is 9.59 Å². The Labute approximate surface area is 131 Å². The summed E-state index contributed by atoms with van der Waals surface area (Å²) in [6.07, 6.45) is 3.27. The first-order valence-electron chi connectivity index (χ1n) is 7.86. The summed E-state index contributed by atoms with van der Waals surface area (Å²) in [6.45, 7) is 6.82. The van der Waals surface area contributed by atoms with Gasteiger partial charge in [-0.1, -0.05) is 19.8 Å². The summed E-state index contributed by atoms with van der Waals surface area (Å²) < 4.78 is 11.3. The molecule has 0 radical (unpaired) electrons. The highest BCUT2D eigenvalue weighted by molar-refractivity contribution is 6.01. The van der Waals surface area contributed by atoms with Gasteiger partial charge in [0.1, 0.15) is 6.29 Å². The number of aldehydes is 1. The average molecular weight is 305 g/mol. The first kappa shape index (κ1) is 16.3. The van der Waals surface area contributed by atoms with Gasteiger partial charge in [0.15, 0.2) is 17.6 Å². The SMILES string of the molecule is CCCCCN1C(=O)C(C)Oc2c(OCC)cc(C=O)cc21. The molecule has 1 aliphatic rings. The van der Waals surface area contributed by atoms with E-state index in [-0.39, 0.29) is 5.91 Å². The first-order valence-corrected chi connectivity index (χ1v) is 7.86. The third-order valence-electron chi connectivity index (χ3n) is 3.68. The molecule has 1 unspecified atom stereocenters. The number of carbonyl (C=O) groups is 2. The summed E-state index contributed by atoms with van der Waals surface area (Å²) in [5.41, 5.74) is 1.11. The zero-order valence-corrected chi connectivity index (χ0v) is 13.4. The van der Waals surface area contributed by atoms with Gasteiger partial charge >= 0.3 is 0 Å². The predicted molar refractivity (Wildman–Crippen MR) is 85.0 cm³/mol. The molecular weight excluding hydrogens is 282 g/mol. The van der Waals surface area contributed by atoms with Crippen molar-refractivity contribution in [2.45, 2.75) is 46.1 Å². The zero-order chi connectivity index (χ0) is 16.1. The minimum absolute atomic E-state index is 0.0749. The smallest absolute Gasteiger partial charge is 0.267 e. The summed E-state index contributed by atoms with van der Waals surface area (Å²) in [7, 11) is 0. The molecule has 0 aliphatic carbocycles. The molecule has 5 nitrogen and oxygen atoms in total. The fourth-order valence-electron chi connectivity index (χ4n) is 2.57. The largest absolute Gasteiger partial charge is 0.490 e. The van der Waals surface area contributed by atoms with E-state index in [1.807, 2.05) is 6.92 Å². The van der Waals surface area contributed by atoms with Crippen molar-refractivity contribution in [1.82, 2.24) is 0 Å². The molecule has 1 atom stereocenters. The van der Waals surface area contributed by atoms with E-state index in [1.54, 1.807) is 24.0 Å². The highest BCUT2D eigenvalue weighted by Gasteiger charge is 2.33. The number of carbonyl (C=O) groups excluding carboxylic acids is 2. The van der Waals surface area contributed by atoms with Crippen LogP contribution >= 0.6 is 0 Å². The number of fused-ring (bicyclic) bond motifs is 1. The maximum Gasteiger partial charge on any atom is 0.267 e. The molecule has 1 aromatic carbocycles. The summed E-state index contributed by atoms with van der Waals surface area (Å²) in [6, 6.07) is 3.35. The van der Waals surface area contributed by atoms with Crippen LogP contribution < -0.4 is 14.4 Å². The van der Waals surface area contributed by atoms with Crippen molar-refractivity contribution < 1.29 is 19.1 Å². The number of anilines is 1. The van der Waals surface area contributed by atoms with Crippen LogP contribution in [0.25, 0.3) is 0 Å². The van der Waals surface area contributed by atoms with E-state index < -0.39 is 6.10 Å². The van der Waals surface area contributed by atoms with Gasteiger partial charge in [-0.2, -0.15) is 0 Å². The maximum atomic E-state index is 12.4. The van der Waals surface area contributed by atoms with E-state index in [1.165, 1.54) is 0 Å². The average Bonchev–Trinajstić information content (AvgIpc) is 2.52. The molecular formula is C17H23NO4. The maximum absolute atomic E-state index is 12.4. The molecule has 1 amide bonds. The quantitative estimate of drug-likeness (QED) is 0.573. The van der Waals surface area contributed by atoms with Crippen molar-refractivity contribution in [3.05, 3.63) is 17.7 Å². The lowest BCUT2D eigenvalue weighted by Crippen LogP contribution is -2.45. The van der Waals surface area contributed by atoms with Crippen molar-refractivity contribution in [2.24, 2.45) is 0 Å². The van der Waals surface area contributed by atoms with E-state index in [2.05, 4.69) is 6.92 Å². The van der Waals surface area contributed by atoms with Crippen molar-refractivity contribution in [2.75, 3.05) is 18.1 Å². The Morgan fingerprint density at radius 3 is 2.73 bits per heavy atom. The van der Waals surface area contributed by atoms with E-state index in [0.717, 1.165) is 25.5 Å². The molecule has 0 saturated heterocycles. The van der Waals surface area contributed by atoms with Crippen LogP contribution in [0.15, 0.2) is 12.1 Å². The van der Waals surface area contributed by atoms with Crippen LogP contribution in [-0.2, 0) is 4.79 Å². The van der Waals surface area contributed by atoms with Gasteiger partial charge < -0.3 is 14.4 Å². The van der Waals surface area contributed by atoms with Crippen LogP contribution in [0, 0.1) is 0 Å². The molecule has 0 bridgehead atoms. The Morgan fingerprint density at radius 1 is 1.32 bits per heavy atom. The van der Waals surface area contributed by atoms with Crippen molar-refractivity contribution in [3.63, 3.8) is 0 Å². The topological polar surface area (TPSA) is 55.8 Å². The molecule has 1 aromatic rings. The lowest BCUT2D eigenvalue weighted by Gasteiger charge is -2.34. The molecule has 0 N–H and O–H groups in total. The van der Waals surface area contributed by atoms with Gasteiger partial charge in [0, 0.05) is 12.1 Å². The number of benzene rings is 1. The monoisotopic (exact) mass is 305 g/mol. The number of ether oxygens (including phenoxy) is 2. The lowest BCUT2D eigenvalue weighted by molar-refractivity contribution is -0.125. The Balaban J connectivity index is 2.43. The third kappa shape index (κ3) is 3.24. The summed E-state index contributed by atoms with van der Waals surface area (Å²) >= 11 is 0. The van der Waals surface area contributed by atoms with Gasteiger partial charge in [-0.15, -0.1) is 0 Å². The van der Waals surface area contributed by atoms with Gasteiger partial charge in [-0.05, 0) is 32.4 Å². The van der Waals surface area contributed by atoms with Crippen LogP contribution in [-0.4, -0.2) is 31.4 Å². The van der Waals surface area contributed by atoms with Gasteiger partial charge in [0.25, 0.3) is 5.91 Å². The standard InChI is InChI=1S/C17H23NO4/c1-4-6-7-8-18-14-9-13(11-19)10-15(21-5-2)16(14)22-12(3)17(18)20/h9-12H,4-8H2,1-3H3. The lowest BCUT2D eigenvalue weighted by atomic mass is 10.1. The van der Waals surface area contributed by atoms with Crippen LogP contribution in [0.4, 0.5) is 5.69 Å². The van der Waals surface area contributed by atoms with E-state index in [9.17, 15) is 9.59 Å². The number of amides is 1. The summed E-state index contributed by atoms with van der Waals surface area (Å²) in [5.74, 6) is 0.993. The minimum Gasteiger partial charge on any atom is -0.490 e. The molecule has 120 valence electrons. The van der Waals surface area contributed by atoms with Crippen LogP contribution in [0.2, 0.25) is 0 Å². The van der Waals surface area contributed by atoms with E-state index in [0.29, 0.717) is 35.9 Å². The molecule has 1 heterocycles. The Kier molecular flexibility index (Phi) is 5.41. The number of rotatable bonds is 7. The summed E-state index contributed by atoms with van der Waals surface area (Å²) in [5, 5.41) is 0. The number of hydrogen-bond donors (Lipinski definition) is 0. The first-order chi connectivity index (χ1) is 10.6. The Hall–Kier alpha value is -2.04. The van der Waals surface area contributed by atoms with Gasteiger partial charge in [0.2, 0.25) is 0 Å². The number of unbranched alkanes of at least 4 members (excludes halogenated alkanes) is 2. The molecule has 0 saturated carbocycles. The van der Waals surface area contributed by atoms with Crippen molar-refractivity contribution >= 4 is 17.9 Å². The second-order valence-corrected chi connectivity index (χ2v) is 5.38. The molecule has 2 rings (SSSR count). The van der Waals surface area contributed by atoms with Gasteiger partial charge in [0.05, 0.1) is 12.3 Å². The molecule has 1 aliphatic heterocycles. The number of nitrogens with zero attached hydrogens (tertiary/aromatic N) is 1. The van der Waals surface area contributed by atoms with E-state index >= 15 is 0 Å². The van der Waals surface area contributed by atoms with Gasteiger partial charge in [-0.25, -0.2) is 0 Å². The van der Waals surface area contributed by atoms with Crippen LogP contribution in [0.3, 0.4) is 0 Å². The van der Waals surface area contributed by atoms with Crippen molar-refractivity contribution in [3.8, 4) is 11.5 Å². The fourth-order valence-corrected chi connectivity index (χ4v) is 2.57. The number of hydrogen-bond acceptors (Lipinski definition) is 4. The summed E-state index contributed by atoms with van der Waals surface area (Å²) in [4.78, 5) is 25.3. The molecule has 5 heteroatoms. The van der Waals surface area contributed by atoms with Crippen LogP contribution in [0.1, 0.15) is 50.4 Å². The molecule has 0 spiro atoms. The normalized spacial score (nSPS) is 17.0. The molecule has 0 aromatic heterocycles. The second kappa shape index (κ2) is 7.29. The van der Waals surface area contributed by atoms with Crippen molar-refractivity contribution in [1.29, 1.82) is 0 Å². The zero-order valence-electron chi connectivity index (χ0n) is 13.4. The molecule has 22 heavy (non-hydrogen) atoms. The molecule has 0 fully saturated rings. The highest BCUT2D eigenvalue weighted by Crippen LogP contribution is 2.42. The third-order valence-corrected chi connectivity index (χ3v) is 3.68.